The molecule has 0 aliphatic rings. The minimum Gasteiger partial charge on any atom is -0.393 e. The third-order valence-electron chi connectivity index (χ3n) is 8.36. The summed E-state index contributed by atoms with van der Waals surface area (Å²) in [5.41, 5.74) is -2.39. The lowest BCUT2D eigenvalue weighted by molar-refractivity contribution is -0.165. The van der Waals surface area contributed by atoms with Gasteiger partial charge in [0.25, 0.3) is 0 Å². The Kier molecular flexibility index (Phi) is 28.8. The normalized spacial score (nSPS) is 14.1. The summed E-state index contributed by atoms with van der Waals surface area (Å²) < 4.78 is 0. The maximum Gasteiger partial charge on any atom is 0.178 e. The van der Waals surface area contributed by atoms with Crippen LogP contribution in [0.3, 0.4) is 0 Å². The van der Waals surface area contributed by atoms with E-state index >= 15 is 0 Å². The fraction of sp³-hybridized carbons (Fsp3) is 0.838. The summed E-state index contributed by atoms with van der Waals surface area (Å²) in [5, 5.41) is 30.8. The van der Waals surface area contributed by atoms with E-state index < -0.39 is 29.9 Å². The predicted molar refractivity (Wildman–Crippen MR) is 178 cm³/mol. The van der Waals surface area contributed by atoms with Crippen LogP contribution in [-0.2, 0) is 9.59 Å². The average Bonchev–Trinajstić information content (AvgIpc) is 3.00. The van der Waals surface area contributed by atoms with E-state index in [2.05, 4.69) is 38.2 Å². The molecule has 0 aliphatic heterocycles. The highest BCUT2D eigenvalue weighted by molar-refractivity contribution is 5.96. The largest absolute Gasteiger partial charge is 0.393 e. The van der Waals surface area contributed by atoms with Gasteiger partial charge in [0.1, 0.15) is 0 Å². The van der Waals surface area contributed by atoms with Gasteiger partial charge in [-0.2, -0.15) is 0 Å². The fourth-order valence-corrected chi connectivity index (χ4v) is 5.36. The van der Waals surface area contributed by atoms with E-state index in [0.29, 0.717) is 12.8 Å². The van der Waals surface area contributed by atoms with E-state index in [1.165, 1.54) is 83.5 Å². The van der Waals surface area contributed by atoms with E-state index in [9.17, 15) is 24.9 Å². The Hall–Kier alpha value is -1.30. The molecule has 0 radical (unpaired) electrons. The van der Waals surface area contributed by atoms with Gasteiger partial charge in [-0.1, -0.05) is 147 Å². The first kappa shape index (κ1) is 40.7. The summed E-state index contributed by atoms with van der Waals surface area (Å²) in [6.07, 6.45) is 34.6. The molecule has 2 unspecified atom stereocenters. The molecule has 0 aromatic heterocycles. The minimum atomic E-state index is -2.39. The third-order valence-corrected chi connectivity index (χ3v) is 8.36. The molecule has 0 amide bonds. The molecular weight excluding hydrogens is 524 g/mol. The molecule has 0 bridgehead atoms. The number of ketones is 2. The number of rotatable bonds is 32. The van der Waals surface area contributed by atoms with E-state index in [1.54, 1.807) is 0 Å². The zero-order valence-electron chi connectivity index (χ0n) is 27.6. The average molecular weight is 593 g/mol. The molecule has 0 spiro atoms. The Morgan fingerprint density at radius 2 is 0.952 bits per heavy atom. The van der Waals surface area contributed by atoms with Gasteiger partial charge in [-0.3, -0.25) is 9.59 Å². The number of allylic oxidation sites excluding steroid dienone is 4. The molecule has 42 heavy (non-hydrogen) atoms. The lowest BCUT2D eigenvalue weighted by Gasteiger charge is -2.29. The van der Waals surface area contributed by atoms with Crippen molar-refractivity contribution in [2.45, 2.75) is 192 Å². The first-order valence-electron chi connectivity index (χ1n) is 17.8. The summed E-state index contributed by atoms with van der Waals surface area (Å²) in [6, 6.07) is 0. The van der Waals surface area contributed by atoms with Crippen LogP contribution in [0.15, 0.2) is 24.3 Å². The van der Waals surface area contributed by atoms with Gasteiger partial charge >= 0.3 is 0 Å². The molecule has 0 saturated carbocycles. The van der Waals surface area contributed by atoms with Crippen LogP contribution in [0.2, 0.25) is 0 Å². The van der Waals surface area contributed by atoms with Crippen molar-refractivity contribution < 1.29 is 24.9 Å². The highest BCUT2D eigenvalue weighted by Gasteiger charge is 2.45. The number of aliphatic hydroxyl groups is 3. The van der Waals surface area contributed by atoms with Gasteiger partial charge in [0.15, 0.2) is 23.3 Å². The lowest BCUT2D eigenvalue weighted by Crippen LogP contribution is -2.55. The van der Waals surface area contributed by atoms with Crippen molar-refractivity contribution in [3.8, 4) is 0 Å². The van der Waals surface area contributed by atoms with Crippen LogP contribution in [0.25, 0.3) is 0 Å². The quantitative estimate of drug-likeness (QED) is 0.0534. The van der Waals surface area contributed by atoms with Crippen molar-refractivity contribution in [1.29, 1.82) is 0 Å². The molecule has 0 fully saturated rings. The number of carbonyl (C=O) groups excluding carboxylic acids is 2. The number of aliphatic hydroxyl groups excluding tert-OH is 2. The van der Waals surface area contributed by atoms with Crippen molar-refractivity contribution in [3.05, 3.63) is 24.3 Å². The monoisotopic (exact) mass is 593 g/mol. The van der Waals surface area contributed by atoms with Crippen molar-refractivity contribution in [2.24, 2.45) is 0 Å². The Bertz CT molecular complexity index is 686. The van der Waals surface area contributed by atoms with Crippen molar-refractivity contribution in [1.82, 2.24) is 0 Å². The minimum absolute atomic E-state index is 0.0602. The second-order valence-electron chi connectivity index (χ2n) is 12.3. The highest BCUT2D eigenvalue weighted by Crippen LogP contribution is 2.20. The molecule has 0 aliphatic carbocycles. The van der Waals surface area contributed by atoms with E-state index in [4.69, 9.17) is 0 Å². The van der Waals surface area contributed by atoms with Crippen LogP contribution < -0.4 is 0 Å². The van der Waals surface area contributed by atoms with Crippen LogP contribution in [0, 0.1) is 0 Å². The van der Waals surface area contributed by atoms with E-state index in [0.717, 1.165) is 57.8 Å². The third kappa shape index (κ3) is 22.3. The van der Waals surface area contributed by atoms with Gasteiger partial charge in [0, 0.05) is 12.8 Å². The van der Waals surface area contributed by atoms with Crippen LogP contribution in [0.5, 0.6) is 0 Å². The summed E-state index contributed by atoms with van der Waals surface area (Å²) >= 11 is 0. The van der Waals surface area contributed by atoms with Crippen molar-refractivity contribution in [3.63, 3.8) is 0 Å². The van der Waals surface area contributed by atoms with Gasteiger partial charge < -0.3 is 15.3 Å². The Labute approximate surface area is 259 Å². The molecule has 0 saturated heterocycles. The lowest BCUT2D eigenvalue weighted by atomic mass is 9.85. The Morgan fingerprint density at radius 3 is 1.43 bits per heavy atom. The maximum atomic E-state index is 12.6. The molecule has 0 heterocycles. The van der Waals surface area contributed by atoms with Gasteiger partial charge in [-0.25, -0.2) is 0 Å². The van der Waals surface area contributed by atoms with E-state index in [1.807, 2.05) is 0 Å². The molecule has 0 aromatic carbocycles. The predicted octanol–water partition coefficient (Wildman–Crippen LogP) is 9.50. The van der Waals surface area contributed by atoms with Crippen molar-refractivity contribution >= 4 is 11.6 Å². The van der Waals surface area contributed by atoms with Crippen molar-refractivity contribution in [2.75, 3.05) is 6.61 Å². The topological polar surface area (TPSA) is 94.8 Å². The van der Waals surface area contributed by atoms with Gasteiger partial charge in [-0.05, 0) is 44.9 Å². The van der Waals surface area contributed by atoms with Gasteiger partial charge in [0.2, 0.25) is 0 Å². The molecule has 5 heteroatoms. The van der Waals surface area contributed by atoms with Crippen LogP contribution >= 0.6 is 0 Å². The first-order valence-corrected chi connectivity index (χ1v) is 17.8. The van der Waals surface area contributed by atoms with Crippen LogP contribution in [-0.4, -0.2) is 45.2 Å². The van der Waals surface area contributed by atoms with Crippen LogP contribution in [0.1, 0.15) is 181 Å². The Balaban J connectivity index is 3.92. The second kappa shape index (κ2) is 29.8. The second-order valence-corrected chi connectivity index (χ2v) is 12.3. The summed E-state index contributed by atoms with van der Waals surface area (Å²) in [6.45, 7) is 3.53. The zero-order chi connectivity index (χ0) is 31.2. The smallest absolute Gasteiger partial charge is 0.178 e. The van der Waals surface area contributed by atoms with Gasteiger partial charge in [0.05, 0.1) is 6.61 Å². The summed E-state index contributed by atoms with van der Waals surface area (Å²) in [4.78, 5) is 25.1. The number of unbranched alkanes of at least 4 members (excludes halogenated alkanes) is 20. The molecular formula is C37H68O5. The standard InChI is InChI=1S/C37H68O5/c1-3-5-7-9-11-13-15-17-18-20-22-24-26-28-30-32-35(40)37(42,33-38)36(41)34(39)31-29-27-25-23-21-19-16-14-12-10-8-6-4-2/h11,13,17-18,36,38,41-42H,3-10,12,14-16,19-33H2,1-2H3/b13-11-,18-17-. The zero-order valence-corrected chi connectivity index (χ0v) is 27.6. The fourth-order valence-electron chi connectivity index (χ4n) is 5.36. The molecule has 5 nitrogen and oxygen atoms in total. The number of hydrogen-bond donors (Lipinski definition) is 3. The molecule has 0 aromatic rings. The Morgan fingerprint density at radius 1 is 0.571 bits per heavy atom. The molecule has 0 rings (SSSR count). The highest BCUT2D eigenvalue weighted by atomic mass is 16.4. The number of carbonyl (C=O) groups is 2. The van der Waals surface area contributed by atoms with E-state index in [-0.39, 0.29) is 12.8 Å². The molecule has 246 valence electrons. The van der Waals surface area contributed by atoms with Crippen LogP contribution in [0.4, 0.5) is 0 Å². The first-order chi connectivity index (χ1) is 20.4. The number of hydrogen-bond acceptors (Lipinski definition) is 5. The SMILES string of the molecule is CCCCC/C=C\C/C=C\CCCCCCCC(=O)C(O)(CO)C(O)C(=O)CCCCCCCCCCCCCCC. The number of Topliss-reactive ketones (excluding diaryl/α,β-unsaturated/α-hetero) is 2. The maximum absolute atomic E-state index is 12.6. The molecule has 3 N–H and O–H groups in total. The summed E-state index contributed by atoms with van der Waals surface area (Å²) in [5.74, 6) is -1.19. The molecule has 2 atom stereocenters. The summed E-state index contributed by atoms with van der Waals surface area (Å²) in [7, 11) is 0. The van der Waals surface area contributed by atoms with Gasteiger partial charge in [-0.15, -0.1) is 0 Å².